The van der Waals surface area contributed by atoms with Crippen LogP contribution in [0.15, 0.2) is 53.3 Å². The molecule has 1 aliphatic heterocycles. The number of likely N-dealkylation sites (N-methyl/N-ethyl adjacent to an activating group) is 1. The van der Waals surface area contributed by atoms with Crippen molar-refractivity contribution in [1.82, 2.24) is 9.80 Å². The molecule has 2 aromatic rings. The highest BCUT2D eigenvalue weighted by atomic mass is 16.3. The van der Waals surface area contributed by atoms with Gasteiger partial charge in [0.05, 0.1) is 12.5 Å². The summed E-state index contributed by atoms with van der Waals surface area (Å²) < 4.78 is 5.09. The molecule has 1 aromatic carbocycles. The summed E-state index contributed by atoms with van der Waals surface area (Å²) in [7, 11) is 1.92. The molecule has 1 saturated heterocycles. The van der Waals surface area contributed by atoms with Gasteiger partial charge in [0.25, 0.3) is 5.91 Å². The highest BCUT2D eigenvalue weighted by Crippen LogP contribution is 2.24. The second-order valence-corrected chi connectivity index (χ2v) is 7.32. The summed E-state index contributed by atoms with van der Waals surface area (Å²) >= 11 is 0. The Morgan fingerprint density at radius 1 is 1.23 bits per heavy atom. The molecule has 0 aliphatic carbocycles. The Morgan fingerprint density at radius 3 is 2.77 bits per heavy atom. The zero-order chi connectivity index (χ0) is 18.4. The van der Waals surface area contributed by atoms with Crippen molar-refractivity contribution in [3.63, 3.8) is 0 Å². The third-order valence-electron chi connectivity index (χ3n) is 5.00. The number of carbonyl (C=O) groups is 1. The Morgan fingerprint density at radius 2 is 2.04 bits per heavy atom. The van der Waals surface area contributed by atoms with E-state index in [4.69, 9.17) is 4.42 Å². The van der Waals surface area contributed by atoms with E-state index in [0.29, 0.717) is 26.1 Å². The van der Waals surface area contributed by atoms with Gasteiger partial charge in [-0.2, -0.15) is 0 Å². The Kier molecular flexibility index (Phi) is 6.12. The van der Waals surface area contributed by atoms with Crippen LogP contribution in [0, 0.1) is 0 Å². The summed E-state index contributed by atoms with van der Waals surface area (Å²) in [6.45, 7) is 2.43. The molecule has 1 aromatic heterocycles. The lowest BCUT2D eigenvalue weighted by atomic mass is 9.90. The molecule has 1 N–H and O–H groups in total. The number of aryl methyl sites for hydroxylation is 1. The molecule has 2 heterocycles. The van der Waals surface area contributed by atoms with E-state index in [-0.39, 0.29) is 5.91 Å². The first-order chi connectivity index (χ1) is 12.6. The number of piperidine rings is 1. The highest BCUT2D eigenvalue weighted by Gasteiger charge is 2.42. The summed E-state index contributed by atoms with van der Waals surface area (Å²) in [5.74, 6) is -0.129. The summed E-state index contributed by atoms with van der Waals surface area (Å²) in [5.41, 5.74) is 1.04. The lowest BCUT2D eigenvalue weighted by Crippen LogP contribution is -2.58. The largest absolute Gasteiger partial charge is 0.472 e. The van der Waals surface area contributed by atoms with E-state index in [9.17, 15) is 9.90 Å². The van der Waals surface area contributed by atoms with Crippen molar-refractivity contribution in [2.24, 2.45) is 0 Å². The summed E-state index contributed by atoms with van der Waals surface area (Å²) in [5, 5.41) is 11.0. The zero-order valence-electron chi connectivity index (χ0n) is 15.4. The smallest absolute Gasteiger partial charge is 0.255 e. The Labute approximate surface area is 155 Å². The quantitative estimate of drug-likeness (QED) is 0.790. The van der Waals surface area contributed by atoms with Crippen molar-refractivity contribution in [3.05, 3.63) is 60.1 Å². The van der Waals surface area contributed by atoms with Gasteiger partial charge < -0.3 is 14.4 Å². The van der Waals surface area contributed by atoms with Crippen LogP contribution in [0.3, 0.4) is 0 Å². The molecule has 1 aliphatic rings. The van der Waals surface area contributed by atoms with Crippen molar-refractivity contribution >= 4 is 5.91 Å². The van der Waals surface area contributed by atoms with Crippen molar-refractivity contribution in [2.45, 2.75) is 37.8 Å². The van der Waals surface area contributed by atoms with Crippen molar-refractivity contribution in [3.8, 4) is 0 Å². The van der Waals surface area contributed by atoms with E-state index in [2.05, 4.69) is 12.1 Å². The van der Waals surface area contributed by atoms with Gasteiger partial charge in [-0.3, -0.25) is 9.69 Å². The second kappa shape index (κ2) is 8.52. The van der Waals surface area contributed by atoms with E-state index in [0.717, 1.165) is 31.4 Å². The molecule has 0 radical (unpaired) electrons. The number of hydrogen-bond acceptors (Lipinski definition) is 4. The molecule has 1 amide bonds. The maximum atomic E-state index is 12.9. The lowest BCUT2D eigenvalue weighted by molar-refractivity contribution is -0.159. The van der Waals surface area contributed by atoms with Crippen LogP contribution in [0.2, 0.25) is 0 Å². The average molecular weight is 356 g/mol. The molecular formula is C21H28N2O3. The summed E-state index contributed by atoms with van der Waals surface area (Å²) in [6, 6.07) is 12.2. The molecular weight excluding hydrogens is 328 g/mol. The third-order valence-corrected chi connectivity index (χ3v) is 5.00. The highest BCUT2D eigenvalue weighted by molar-refractivity contribution is 5.86. The topological polar surface area (TPSA) is 56.9 Å². The SMILES string of the molecule is CN(Cc1ccoc1)C[C@@]1(O)CCCN(CCCc2ccccc2)C1=O. The van der Waals surface area contributed by atoms with Gasteiger partial charge in [0, 0.05) is 31.7 Å². The third kappa shape index (κ3) is 4.74. The van der Waals surface area contributed by atoms with E-state index < -0.39 is 5.60 Å². The van der Waals surface area contributed by atoms with Gasteiger partial charge in [0.15, 0.2) is 5.60 Å². The molecule has 0 saturated carbocycles. The first kappa shape index (κ1) is 18.7. The van der Waals surface area contributed by atoms with Crippen LogP contribution >= 0.6 is 0 Å². The fraction of sp³-hybridized carbons (Fsp3) is 0.476. The fourth-order valence-corrected chi connectivity index (χ4v) is 3.74. The minimum absolute atomic E-state index is 0.129. The number of aliphatic hydroxyl groups is 1. The van der Waals surface area contributed by atoms with Gasteiger partial charge in [-0.25, -0.2) is 0 Å². The number of amides is 1. The predicted octanol–water partition coefficient (Wildman–Crippen LogP) is 2.70. The number of benzene rings is 1. The first-order valence-electron chi connectivity index (χ1n) is 9.32. The van der Waals surface area contributed by atoms with Gasteiger partial charge in [-0.05, 0) is 44.4 Å². The van der Waals surface area contributed by atoms with Crippen LogP contribution in [0.4, 0.5) is 0 Å². The molecule has 140 valence electrons. The summed E-state index contributed by atoms with van der Waals surface area (Å²) in [4.78, 5) is 16.7. The van der Waals surface area contributed by atoms with Crippen LogP contribution in [0.25, 0.3) is 0 Å². The molecule has 1 fully saturated rings. The predicted molar refractivity (Wildman–Crippen MR) is 101 cm³/mol. The number of carbonyl (C=O) groups excluding carboxylic acids is 1. The fourth-order valence-electron chi connectivity index (χ4n) is 3.74. The van der Waals surface area contributed by atoms with E-state index >= 15 is 0 Å². The minimum atomic E-state index is -1.29. The van der Waals surface area contributed by atoms with E-state index in [1.54, 1.807) is 12.5 Å². The average Bonchev–Trinajstić information content (AvgIpc) is 3.12. The van der Waals surface area contributed by atoms with Crippen LogP contribution in [0.5, 0.6) is 0 Å². The first-order valence-corrected chi connectivity index (χ1v) is 9.32. The van der Waals surface area contributed by atoms with Gasteiger partial charge >= 0.3 is 0 Å². The Balaban J connectivity index is 1.52. The number of furan rings is 1. The number of nitrogens with zero attached hydrogens (tertiary/aromatic N) is 2. The van der Waals surface area contributed by atoms with Gasteiger partial charge in [-0.1, -0.05) is 30.3 Å². The summed E-state index contributed by atoms with van der Waals surface area (Å²) in [6.07, 6.45) is 6.56. The number of hydrogen-bond donors (Lipinski definition) is 1. The van der Waals surface area contributed by atoms with Crippen molar-refractivity contribution in [2.75, 3.05) is 26.7 Å². The molecule has 3 rings (SSSR count). The molecule has 26 heavy (non-hydrogen) atoms. The standard InChI is InChI=1S/C21H28N2O3/c1-22(15-19-10-14-26-16-19)17-21(25)11-6-13-23(20(21)24)12-5-9-18-7-3-2-4-8-18/h2-4,7-8,10,14,16,25H,5-6,9,11-13,15,17H2,1H3/t21-/m0/s1. The lowest BCUT2D eigenvalue weighted by Gasteiger charge is -2.40. The van der Waals surface area contributed by atoms with Gasteiger partial charge in [0.1, 0.15) is 0 Å². The number of likely N-dealkylation sites (tertiary alicyclic amines) is 1. The zero-order valence-corrected chi connectivity index (χ0v) is 15.4. The van der Waals surface area contributed by atoms with Crippen LogP contribution < -0.4 is 0 Å². The van der Waals surface area contributed by atoms with Crippen LogP contribution in [0.1, 0.15) is 30.4 Å². The maximum absolute atomic E-state index is 12.9. The molecule has 5 nitrogen and oxygen atoms in total. The molecule has 0 bridgehead atoms. The maximum Gasteiger partial charge on any atom is 0.255 e. The van der Waals surface area contributed by atoms with E-state index in [1.807, 2.05) is 41.1 Å². The molecule has 0 spiro atoms. The van der Waals surface area contributed by atoms with Crippen molar-refractivity contribution in [1.29, 1.82) is 0 Å². The molecule has 1 atom stereocenters. The van der Waals surface area contributed by atoms with E-state index in [1.165, 1.54) is 5.56 Å². The monoisotopic (exact) mass is 356 g/mol. The van der Waals surface area contributed by atoms with Crippen LogP contribution in [-0.2, 0) is 17.8 Å². The van der Waals surface area contributed by atoms with Gasteiger partial charge in [0.2, 0.25) is 0 Å². The Hall–Kier alpha value is -2.11. The van der Waals surface area contributed by atoms with Crippen LogP contribution in [-0.4, -0.2) is 53.1 Å². The Bertz CT molecular complexity index is 687. The van der Waals surface area contributed by atoms with Crippen molar-refractivity contribution < 1.29 is 14.3 Å². The van der Waals surface area contributed by atoms with Gasteiger partial charge in [-0.15, -0.1) is 0 Å². The second-order valence-electron chi connectivity index (χ2n) is 7.32. The normalized spacial score (nSPS) is 20.7. The minimum Gasteiger partial charge on any atom is -0.472 e. The molecule has 0 unspecified atom stereocenters. The number of rotatable bonds is 8. The molecule has 5 heteroatoms.